The fourth-order valence-electron chi connectivity index (χ4n) is 2.97. The second-order valence-electron chi connectivity index (χ2n) is 7.12. The number of Topliss-reactive ketones (excluding diaryl/α,β-unsaturated/α-hetero) is 1. The molecule has 0 bridgehead atoms. The Hall–Kier alpha value is -3.24. The summed E-state index contributed by atoms with van der Waals surface area (Å²) in [6.45, 7) is 1.47. The van der Waals surface area contributed by atoms with Gasteiger partial charge < -0.3 is 10.1 Å². The summed E-state index contributed by atoms with van der Waals surface area (Å²) in [7, 11) is -0.338. The average Bonchev–Trinajstić information content (AvgIpc) is 3.20. The van der Waals surface area contributed by atoms with Gasteiger partial charge in [0, 0.05) is 29.1 Å². The van der Waals surface area contributed by atoms with Crippen LogP contribution in [-0.2, 0) is 21.2 Å². The molecule has 0 aliphatic rings. The van der Waals surface area contributed by atoms with Gasteiger partial charge in [-0.3, -0.25) is 13.9 Å². The zero-order valence-electron chi connectivity index (χ0n) is 18.1. The zero-order valence-corrected chi connectivity index (χ0v) is 19.7. The van der Waals surface area contributed by atoms with Crippen molar-refractivity contribution in [2.75, 3.05) is 30.0 Å². The maximum absolute atomic E-state index is 12.5. The molecule has 168 valence electrons. The molecule has 32 heavy (non-hydrogen) atoms. The van der Waals surface area contributed by atoms with Crippen molar-refractivity contribution < 1.29 is 22.7 Å². The number of hydrogen-bond acceptors (Lipinski definition) is 7. The van der Waals surface area contributed by atoms with Crippen LogP contribution in [0.5, 0.6) is 5.75 Å². The number of carbonyl (C=O) groups excluding carboxylic acids is 2. The van der Waals surface area contributed by atoms with Gasteiger partial charge in [-0.25, -0.2) is 13.4 Å². The molecule has 1 N–H and O–H groups in total. The molecule has 0 spiro atoms. The highest BCUT2D eigenvalue weighted by molar-refractivity contribution is 7.92. The number of sulfonamides is 1. The molecule has 0 fully saturated rings. The van der Waals surface area contributed by atoms with Crippen molar-refractivity contribution >= 4 is 43.9 Å². The Morgan fingerprint density at radius 2 is 1.84 bits per heavy atom. The molecule has 0 saturated carbocycles. The molecule has 3 aromatic rings. The van der Waals surface area contributed by atoms with E-state index in [9.17, 15) is 18.0 Å². The van der Waals surface area contributed by atoms with Gasteiger partial charge in [-0.1, -0.05) is 12.1 Å². The van der Waals surface area contributed by atoms with E-state index in [2.05, 4.69) is 10.3 Å². The lowest BCUT2D eigenvalue weighted by Gasteiger charge is -2.16. The van der Waals surface area contributed by atoms with Crippen molar-refractivity contribution in [3.8, 4) is 17.0 Å². The monoisotopic (exact) mass is 473 g/mol. The lowest BCUT2D eigenvalue weighted by atomic mass is 10.0. The Morgan fingerprint density at radius 3 is 2.44 bits per heavy atom. The van der Waals surface area contributed by atoms with Crippen LogP contribution in [0.3, 0.4) is 0 Å². The number of anilines is 2. The van der Waals surface area contributed by atoms with Gasteiger partial charge in [-0.2, -0.15) is 0 Å². The largest absolute Gasteiger partial charge is 0.496 e. The van der Waals surface area contributed by atoms with Crippen LogP contribution in [0.15, 0.2) is 47.8 Å². The molecule has 0 atom stereocenters. The zero-order chi connectivity index (χ0) is 23.5. The minimum Gasteiger partial charge on any atom is -0.496 e. The topological polar surface area (TPSA) is 106 Å². The highest BCUT2D eigenvalue weighted by atomic mass is 32.2. The van der Waals surface area contributed by atoms with E-state index in [-0.39, 0.29) is 18.1 Å². The molecule has 1 amide bonds. The van der Waals surface area contributed by atoms with E-state index in [1.54, 1.807) is 42.5 Å². The molecule has 2 aromatic carbocycles. The quantitative estimate of drug-likeness (QED) is 0.501. The molecule has 0 aliphatic carbocycles. The standard InChI is InChI=1S/C22H23N3O5S2/c1-14(26)16-7-10-20(30-3)17(11-16)12-21(27)24-22-23-19(13-31-22)15-5-8-18(9-6-15)25(2)32(4,28)29/h5-11,13H,12H2,1-4H3,(H,23,24,27). The number of rotatable bonds is 8. The minimum atomic E-state index is -3.34. The Labute approximate surface area is 190 Å². The van der Waals surface area contributed by atoms with Gasteiger partial charge in [-0.05, 0) is 37.3 Å². The summed E-state index contributed by atoms with van der Waals surface area (Å²) in [5.74, 6) is 0.159. The first kappa shape index (κ1) is 23.4. The summed E-state index contributed by atoms with van der Waals surface area (Å²) in [5, 5.41) is 5.01. The van der Waals surface area contributed by atoms with Gasteiger partial charge >= 0.3 is 0 Å². The number of aromatic nitrogens is 1. The summed E-state index contributed by atoms with van der Waals surface area (Å²) in [6.07, 6.45) is 1.17. The van der Waals surface area contributed by atoms with Gasteiger partial charge in [-0.15, -0.1) is 11.3 Å². The first-order valence-electron chi connectivity index (χ1n) is 9.56. The fourth-order valence-corrected chi connectivity index (χ4v) is 4.21. The lowest BCUT2D eigenvalue weighted by Crippen LogP contribution is -2.24. The highest BCUT2D eigenvalue weighted by Crippen LogP contribution is 2.28. The Bertz CT molecular complexity index is 1250. The van der Waals surface area contributed by atoms with E-state index in [1.807, 2.05) is 5.38 Å². The van der Waals surface area contributed by atoms with Crippen LogP contribution in [0.4, 0.5) is 10.8 Å². The Morgan fingerprint density at radius 1 is 1.16 bits per heavy atom. The lowest BCUT2D eigenvalue weighted by molar-refractivity contribution is -0.115. The molecule has 0 unspecified atom stereocenters. The van der Waals surface area contributed by atoms with Crippen molar-refractivity contribution in [2.24, 2.45) is 0 Å². The molecule has 1 aromatic heterocycles. The van der Waals surface area contributed by atoms with Gasteiger partial charge in [0.05, 0.1) is 31.2 Å². The maximum atomic E-state index is 12.5. The van der Waals surface area contributed by atoms with E-state index in [1.165, 1.54) is 36.7 Å². The predicted octanol–water partition coefficient (Wildman–Crippen LogP) is 3.60. The van der Waals surface area contributed by atoms with Crippen molar-refractivity contribution in [3.05, 3.63) is 59.0 Å². The van der Waals surface area contributed by atoms with Gasteiger partial charge in [0.25, 0.3) is 0 Å². The third kappa shape index (κ3) is 5.51. The summed E-state index contributed by atoms with van der Waals surface area (Å²) >= 11 is 1.28. The Kier molecular flexibility index (Phi) is 6.95. The second kappa shape index (κ2) is 9.49. The van der Waals surface area contributed by atoms with Crippen LogP contribution in [-0.4, -0.2) is 45.5 Å². The van der Waals surface area contributed by atoms with Crippen molar-refractivity contribution in [1.29, 1.82) is 0 Å². The van der Waals surface area contributed by atoms with E-state index in [0.29, 0.717) is 33.4 Å². The number of methoxy groups -OCH3 is 1. The predicted molar refractivity (Wildman–Crippen MR) is 126 cm³/mol. The Balaban J connectivity index is 1.71. The van der Waals surface area contributed by atoms with E-state index in [0.717, 1.165) is 11.8 Å². The fraction of sp³-hybridized carbons (Fsp3) is 0.227. The molecule has 0 radical (unpaired) electrons. The number of thiazole rings is 1. The highest BCUT2D eigenvalue weighted by Gasteiger charge is 2.15. The summed E-state index contributed by atoms with van der Waals surface area (Å²) in [5.41, 5.74) is 3.12. The number of nitrogens with one attached hydrogen (secondary N) is 1. The van der Waals surface area contributed by atoms with Crippen LogP contribution >= 0.6 is 11.3 Å². The minimum absolute atomic E-state index is 0.0335. The van der Waals surface area contributed by atoms with Crippen LogP contribution < -0.4 is 14.4 Å². The van der Waals surface area contributed by atoms with Crippen LogP contribution in [0.25, 0.3) is 11.3 Å². The molecule has 3 rings (SSSR count). The van der Waals surface area contributed by atoms with Gasteiger partial charge in [0.15, 0.2) is 10.9 Å². The molecular weight excluding hydrogens is 450 g/mol. The van der Waals surface area contributed by atoms with Crippen LogP contribution in [0.1, 0.15) is 22.8 Å². The first-order valence-corrected chi connectivity index (χ1v) is 12.3. The van der Waals surface area contributed by atoms with Crippen molar-refractivity contribution in [3.63, 3.8) is 0 Å². The third-order valence-electron chi connectivity index (χ3n) is 4.81. The molecular formula is C22H23N3O5S2. The summed E-state index contributed by atoms with van der Waals surface area (Å²) in [6, 6.07) is 11.9. The van der Waals surface area contributed by atoms with Crippen molar-refractivity contribution in [1.82, 2.24) is 4.98 Å². The number of benzene rings is 2. The normalized spacial score (nSPS) is 11.1. The van der Waals surface area contributed by atoms with Crippen molar-refractivity contribution in [2.45, 2.75) is 13.3 Å². The molecule has 0 aliphatic heterocycles. The molecule has 10 heteroatoms. The molecule has 0 saturated heterocycles. The average molecular weight is 474 g/mol. The van der Waals surface area contributed by atoms with E-state index in [4.69, 9.17) is 4.74 Å². The van der Waals surface area contributed by atoms with E-state index >= 15 is 0 Å². The van der Waals surface area contributed by atoms with Crippen LogP contribution in [0, 0.1) is 0 Å². The number of carbonyl (C=O) groups is 2. The first-order chi connectivity index (χ1) is 15.1. The number of ketones is 1. The van der Waals surface area contributed by atoms with E-state index < -0.39 is 10.0 Å². The number of nitrogens with zero attached hydrogens (tertiary/aromatic N) is 2. The summed E-state index contributed by atoms with van der Waals surface area (Å²) < 4.78 is 29.8. The number of ether oxygens (including phenoxy) is 1. The number of hydrogen-bond donors (Lipinski definition) is 1. The molecule has 1 heterocycles. The molecule has 8 nitrogen and oxygen atoms in total. The smallest absolute Gasteiger partial charge is 0.231 e. The number of amides is 1. The van der Waals surface area contributed by atoms with Gasteiger partial charge in [0.2, 0.25) is 15.9 Å². The second-order valence-corrected chi connectivity index (χ2v) is 9.99. The van der Waals surface area contributed by atoms with Gasteiger partial charge in [0.1, 0.15) is 5.75 Å². The SMILES string of the molecule is COc1ccc(C(C)=O)cc1CC(=O)Nc1nc(-c2ccc(N(C)S(C)(=O)=O)cc2)cs1. The maximum Gasteiger partial charge on any atom is 0.231 e. The third-order valence-corrected chi connectivity index (χ3v) is 6.78. The summed E-state index contributed by atoms with van der Waals surface area (Å²) in [4.78, 5) is 28.6. The van der Waals surface area contributed by atoms with Crippen LogP contribution in [0.2, 0.25) is 0 Å².